The fraction of sp³-hybridized carbons (Fsp3) is 0.200. The van der Waals surface area contributed by atoms with E-state index in [2.05, 4.69) is 10.3 Å². The summed E-state index contributed by atoms with van der Waals surface area (Å²) in [6.45, 7) is 1.79. The average Bonchev–Trinajstić information content (AvgIpc) is 2.52. The highest BCUT2D eigenvalue weighted by Gasteiger charge is 2.17. The zero-order valence-electron chi connectivity index (χ0n) is 12.2. The molecule has 0 aliphatic rings. The number of nitrogens with zero attached hydrogens (tertiary/aromatic N) is 2. The number of hydrogen-bond acceptors (Lipinski definition) is 6. The molecule has 0 aliphatic heterocycles. The van der Waals surface area contributed by atoms with E-state index in [0.29, 0.717) is 18.1 Å². The van der Waals surface area contributed by atoms with Crippen LogP contribution < -0.4 is 10.1 Å². The lowest BCUT2D eigenvalue weighted by Crippen LogP contribution is -2.04. The summed E-state index contributed by atoms with van der Waals surface area (Å²) in [5.41, 5.74) is 1.46. The molecule has 0 bridgehead atoms. The van der Waals surface area contributed by atoms with Crippen LogP contribution in [0.1, 0.15) is 22.8 Å². The maximum atomic E-state index is 11.5. The Hall–Kier alpha value is -2.96. The van der Waals surface area contributed by atoms with Gasteiger partial charge in [0.25, 0.3) is 5.69 Å². The van der Waals surface area contributed by atoms with Crippen LogP contribution >= 0.6 is 0 Å². The Kier molecular flexibility index (Phi) is 4.67. The molecule has 7 heteroatoms. The van der Waals surface area contributed by atoms with E-state index in [1.165, 1.54) is 26.2 Å². The standard InChI is InChI=1S/C15H15N3O4/c1-10(19)13-8-12(3-4-14(13)18(20)21)17-9-11-5-6-16-15(7-11)22-2/h3-8,17H,9H2,1-2H3. The van der Waals surface area contributed by atoms with Gasteiger partial charge in [-0.25, -0.2) is 4.98 Å². The van der Waals surface area contributed by atoms with Gasteiger partial charge in [-0.2, -0.15) is 0 Å². The molecule has 0 aliphatic carbocycles. The minimum atomic E-state index is -0.561. The summed E-state index contributed by atoms with van der Waals surface area (Å²) in [7, 11) is 1.54. The number of pyridine rings is 1. The van der Waals surface area contributed by atoms with Gasteiger partial charge in [0.2, 0.25) is 5.88 Å². The summed E-state index contributed by atoms with van der Waals surface area (Å²) < 4.78 is 5.04. The van der Waals surface area contributed by atoms with Crippen LogP contribution in [0.2, 0.25) is 0 Å². The van der Waals surface area contributed by atoms with Crippen LogP contribution in [0, 0.1) is 10.1 Å². The van der Waals surface area contributed by atoms with Crippen molar-refractivity contribution in [1.82, 2.24) is 4.98 Å². The summed E-state index contributed by atoms with van der Waals surface area (Å²) in [5, 5.41) is 14.0. The molecule has 2 rings (SSSR count). The molecule has 2 aromatic rings. The van der Waals surface area contributed by atoms with Gasteiger partial charge in [0.1, 0.15) is 0 Å². The predicted octanol–water partition coefficient (Wildman–Crippen LogP) is 2.81. The van der Waals surface area contributed by atoms with Gasteiger partial charge in [0, 0.05) is 30.6 Å². The molecule has 22 heavy (non-hydrogen) atoms. The summed E-state index contributed by atoms with van der Waals surface area (Å²) >= 11 is 0. The number of anilines is 1. The number of ketones is 1. The van der Waals surface area contributed by atoms with Crippen LogP contribution in [-0.2, 0) is 6.54 Å². The van der Waals surface area contributed by atoms with Crippen molar-refractivity contribution in [3.8, 4) is 5.88 Å². The number of ether oxygens (including phenoxy) is 1. The number of rotatable bonds is 6. The van der Waals surface area contributed by atoms with Gasteiger partial charge >= 0.3 is 0 Å². The Morgan fingerprint density at radius 3 is 2.77 bits per heavy atom. The first-order chi connectivity index (χ1) is 10.5. The van der Waals surface area contributed by atoms with Crippen LogP contribution in [0.25, 0.3) is 0 Å². The Balaban J connectivity index is 2.18. The molecule has 0 saturated heterocycles. The minimum Gasteiger partial charge on any atom is -0.481 e. The molecular formula is C15H15N3O4. The molecule has 0 atom stereocenters. The molecule has 0 fully saturated rings. The summed E-state index contributed by atoms with van der Waals surface area (Å²) in [6, 6.07) is 7.99. The average molecular weight is 301 g/mol. The van der Waals surface area contributed by atoms with Gasteiger partial charge in [0.15, 0.2) is 5.78 Å². The number of nitro groups is 1. The third kappa shape index (κ3) is 3.57. The summed E-state index contributed by atoms with van der Waals surface area (Å²) in [6.07, 6.45) is 1.63. The quantitative estimate of drug-likeness (QED) is 0.501. The Morgan fingerprint density at radius 1 is 1.36 bits per heavy atom. The first-order valence-corrected chi connectivity index (χ1v) is 6.53. The van der Waals surface area contributed by atoms with Gasteiger partial charge in [-0.3, -0.25) is 14.9 Å². The van der Waals surface area contributed by atoms with Crippen molar-refractivity contribution in [2.24, 2.45) is 0 Å². The number of carbonyl (C=O) groups excluding carboxylic acids is 1. The second kappa shape index (κ2) is 6.66. The van der Waals surface area contributed by atoms with E-state index < -0.39 is 4.92 Å². The largest absolute Gasteiger partial charge is 0.481 e. The topological polar surface area (TPSA) is 94.4 Å². The molecule has 0 unspecified atom stereocenters. The molecule has 0 radical (unpaired) electrons. The van der Waals surface area contributed by atoms with E-state index in [-0.39, 0.29) is 17.0 Å². The van der Waals surface area contributed by atoms with E-state index in [9.17, 15) is 14.9 Å². The van der Waals surface area contributed by atoms with Gasteiger partial charge in [-0.1, -0.05) is 0 Å². The minimum absolute atomic E-state index is 0.0855. The summed E-state index contributed by atoms with van der Waals surface area (Å²) in [5.74, 6) is 0.161. The lowest BCUT2D eigenvalue weighted by Gasteiger charge is -2.09. The number of nitro benzene ring substituents is 1. The number of benzene rings is 1. The number of hydrogen-bond donors (Lipinski definition) is 1. The molecule has 1 aromatic heterocycles. The van der Waals surface area contributed by atoms with Crippen molar-refractivity contribution >= 4 is 17.2 Å². The Labute approximate surface area is 127 Å². The molecule has 1 aromatic carbocycles. The molecule has 0 amide bonds. The molecule has 114 valence electrons. The van der Waals surface area contributed by atoms with Crippen molar-refractivity contribution in [2.45, 2.75) is 13.5 Å². The zero-order valence-corrected chi connectivity index (χ0v) is 12.2. The predicted molar refractivity (Wildman–Crippen MR) is 81.2 cm³/mol. The second-order valence-electron chi connectivity index (χ2n) is 4.61. The SMILES string of the molecule is COc1cc(CNc2ccc([N+](=O)[O-])c(C(C)=O)c2)ccn1. The van der Waals surface area contributed by atoms with Crippen LogP contribution in [0.5, 0.6) is 5.88 Å². The zero-order chi connectivity index (χ0) is 16.1. The van der Waals surface area contributed by atoms with Gasteiger partial charge < -0.3 is 10.1 Å². The van der Waals surface area contributed by atoms with E-state index in [0.717, 1.165) is 5.56 Å². The fourth-order valence-corrected chi connectivity index (χ4v) is 1.96. The van der Waals surface area contributed by atoms with Crippen LogP contribution in [-0.4, -0.2) is 22.8 Å². The van der Waals surface area contributed by atoms with E-state index >= 15 is 0 Å². The maximum absolute atomic E-state index is 11.5. The van der Waals surface area contributed by atoms with Crippen LogP contribution in [0.4, 0.5) is 11.4 Å². The maximum Gasteiger partial charge on any atom is 0.280 e. The molecule has 7 nitrogen and oxygen atoms in total. The smallest absolute Gasteiger partial charge is 0.280 e. The normalized spacial score (nSPS) is 10.1. The van der Waals surface area contributed by atoms with Gasteiger partial charge in [-0.15, -0.1) is 0 Å². The molecule has 1 heterocycles. The van der Waals surface area contributed by atoms with Crippen LogP contribution in [0.15, 0.2) is 36.5 Å². The lowest BCUT2D eigenvalue weighted by molar-refractivity contribution is -0.385. The van der Waals surface area contributed by atoms with E-state index in [1.54, 1.807) is 18.3 Å². The Morgan fingerprint density at radius 2 is 2.14 bits per heavy atom. The lowest BCUT2D eigenvalue weighted by atomic mass is 10.1. The van der Waals surface area contributed by atoms with E-state index in [1.807, 2.05) is 6.07 Å². The highest BCUT2D eigenvalue weighted by molar-refractivity contribution is 5.99. The van der Waals surface area contributed by atoms with Crippen LogP contribution in [0.3, 0.4) is 0 Å². The molecular weight excluding hydrogens is 286 g/mol. The monoisotopic (exact) mass is 301 g/mol. The third-order valence-electron chi connectivity index (χ3n) is 3.08. The molecule has 0 spiro atoms. The molecule has 1 N–H and O–H groups in total. The number of carbonyl (C=O) groups is 1. The number of Topliss-reactive ketones (excluding diaryl/α,β-unsaturated/α-hetero) is 1. The second-order valence-corrected chi connectivity index (χ2v) is 4.61. The number of aromatic nitrogens is 1. The highest BCUT2D eigenvalue weighted by Crippen LogP contribution is 2.23. The van der Waals surface area contributed by atoms with Crippen molar-refractivity contribution < 1.29 is 14.5 Å². The van der Waals surface area contributed by atoms with Crippen molar-refractivity contribution in [2.75, 3.05) is 12.4 Å². The van der Waals surface area contributed by atoms with Crippen molar-refractivity contribution in [3.63, 3.8) is 0 Å². The Bertz CT molecular complexity index is 716. The summed E-state index contributed by atoms with van der Waals surface area (Å²) in [4.78, 5) is 25.9. The van der Waals surface area contributed by atoms with Crippen molar-refractivity contribution in [1.29, 1.82) is 0 Å². The highest BCUT2D eigenvalue weighted by atomic mass is 16.6. The van der Waals surface area contributed by atoms with Gasteiger partial charge in [-0.05, 0) is 30.7 Å². The number of methoxy groups -OCH3 is 1. The fourth-order valence-electron chi connectivity index (χ4n) is 1.96. The van der Waals surface area contributed by atoms with Gasteiger partial charge in [0.05, 0.1) is 17.6 Å². The number of nitrogens with one attached hydrogen (secondary N) is 1. The molecule has 0 saturated carbocycles. The third-order valence-corrected chi connectivity index (χ3v) is 3.08. The first kappa shape index (κ1) is 15.4. The van der Waals surface area contributed by atoms with Crippen molar-refractivity contribution in [3.05, 3.63) is 57.8 Å². The van der Waals surface area contributed by atoms with E-state index in [4.69, 9.17) is 4.74 Å². The first-order valence-electron chi connectivity index (χ1n) is 6.53.